The Morgan fingerprint density at radius 1 is 1.05 bits per heavy atom. The summed E-state index contributed by atoms with van der Waals surface area (Å²) in [5, 5.41) is 0.714. The topological polar surface area (TPSA) is 34.9 Å². The van der Waals surface area contributed by atoms with Crippen molar-refractivity contribution in [3.05, 3.63) is 70.3 Å². The van der Waals surface area contributed by atoms with Crippen LogP contribution in [0.4, 0.5) is 0 Å². The van der Waals surface area contributed by atoms with Crippen LogP contribution in [0.5, 0.6) is 0 Å². The molecule has 22 heavy (non-hydrogen) atoms. The number of aromatic nitrogens is 2. The third kappa shape index (κ3) is 2.54. The molecule has 0 fully saturated rings. The molecule has 1 heterocycles. The van der Waals surface area contributed by atoms with Crippen LogP contribution in [-0.4, -0.2) is 9.55 Å². The van der Waals surface area contributed by atoms with Crippen LogP contribution in [0.15, 0.2) is 53.3 Å². The summed E-state index contributed by atoms with van der Waals surface area (Å²) in [5.74, 6) is 0.844. The van der Waals surface area contributed by atoms with Gasteiger partial charge in [0.05, 0.1) is 16.6 Å². The van der Waals surface area contributed by atoms with Gasteiger partial charge in [-0.05, 0) is 37.1 Å². The van der Waals surface area contributed by atoms with Crippen LogP contribution in [0, 0.1) is 6.92 Å². The molecule has 0 aliphatic rings. The molecule has 0 aliphatic heterocycles. The normalized spacial score (nSPS) is 11.0. The summed E-state index contributed by atoms with van der Waals surface area (Å²) >= 11 is 0. The molecule has 1 aromatic heterocycles. The fourth-order valence-corrected chi connectivity index (χ4v) is 2.79. The highest BCUT2D eigenvalue weighted by molar-refractivity contribution is 5.81. The Hall–Kier alpha value is -2.42. The first-order chi connectivity index (χ1) is 10.7. The first-order valence-corrected chi connectivity index (χ1v) is 7.79. The molecule has 2 aromatic carbocycles. The van der Waals surface area contributed by atoms with Crippen molar-refractivity contribution in [2.45, 2.75) is 33.1 Å². The van der Waals surface area contributed by atoms with Gasteiger partial charge in [-0.1, -0.05) is 43.7 Å². The van der Waals surface area contributed by atoms with Gasteiger partial charge in [0.2, 0.25) is 0 Å². The Bertz CT molecular complexity index is 850. The second-order valence-corrected chi connectivity index (χ2v) is 5.58. The summed E-state index contributed by atoms with van der Waals surface area (Å²) in [6.45, 7) is 4.11. The maximum Gasteiger partial charge on any atom is 0.266 e. The largest absolute Gasteiger partial charge is 0.268 e. The Kier molecular flexibility index (Phi) is 4.05. The molecule has 0 aliphatic carbocycles. The van der Waals surface area contributed by atoms with Crippen LogP contribution in [-0.2, 0) is 6.42 Å². The van der Waals surface area contributed by atoms with Crippen molar-refractivity contribution in [2.75, 3.05) is 0 Å². The lowest BCUT2D eigenvalue weighted by Crippen LogP contribution is -2.24. The van der Waals surface area contributed by atoms with Gasteiger partial charge in [0.25, 0.3) is 5.56 Å². The third-order valence-electron chi connectivity index (χ3n) is 3.94. The fraction of sp³-hybridized carbons (Fsp3) is 0.263. The first-order valence-electron chi connectivity index (χ1n) is 7.79. The van der Waals surface area contributed by atoms with E-state index in [9.17, 15) is 4.79 Å². The molecule has 0 atom stereocenters. The van der Waals surface area contributed by atoms with E-state index in [1.54, 1.807) is 4.57 Å². The molecular weight excluding hydrogens is 272 g/mol. The Morgan fingerprint density at radius 3 is 2.55 bits per heavy atom. The van der Waals surface area contributed by atoms with Gasteiger partial charge in [0.15, 0.2) is 0 Å². The number of fused-ring (bicyclic) bond motifs is 1. The number of para-hydroxylation sites is 1. The Labute approximate surface area is 130 Å². The average Bonchev–Trinajstić information content (AvgIpc) is 2.53. The quantitative estimate of drug-likeness (QED) is 0.727. The zero-order valence-corrected chi connectivity index (χ0v) is 13.0. The van der Waals surface area contributed by atoms with Gasteiger partial charge in [-0.2, -0.15) is 0 Å². The Balaban J connectivity index is 2.34. The van der Waals surface area contributed by atoms with Gasteiger partial charge in [0, 0.05) is 6.42 Å². The minimum atomic E-state index is 0.0282. The minimum absolute atomic E-state index is 0.0282. The molecule has 0 N–H and O–H groups in total. The second-order valence-electron chi connectivity index (χ2n) is 5.58. The van der Waals surface area contributed by atoms with E-state index in [-0.39, 0.29) is 5.56 Å². The highest BCUT2D eigenvalue weighted by Gasteiger charge is 2.13. The van der Waals surface area contributed by atoms with Crippen molar-refractivity contribution >= 4 is 10.9 Å². The molecule has 3 nitrogen and oxygen atoms in total. The van der Waals surface area contributed by atoms with Crippen molar-refractivity contribution in [2.24, 2.45) is 0 Å². The molecule has 112 valence electrons. The number of unbranched alkanes of at least 4 members (excludes halogenated alkanes) is 1. The molecule has 3 heteroatoms. The number of rotatable bonds is 4. The van der Waals surface area contributed by atoms with Gasteiger partial charge in [-0.25, -0.2) is 4.98 Å². The highest BCUT2D eigenvalue weighted by Crippen LogP contribution is 2.17. The predicted octanol–water partition coefficient (Wildman–Crippen LogP) is 4.04. The van der Waals surface area contributed by atoms with Crippen molar-refractivity contribution in [1.82, 2.24) is 9.55 Å². The summed E-state index contributed by atoms with van der Waals surface area (Å²) in [7, 11) is 0. The van der Waals surface area contributed by atoms with E-state index in [1.165, 1.54) is 0 Å². The molecule has 0 saturated heterocycles. The van der Waals surface area contributed by atoms with Crippen LogP contribution >= 0.6 is 0 Å². The maximum atomic E-state index is 13.1. The van der Waals surface area contributed by atoms with Gasteiger partial charge >= 0.3 is 0 Å². The molecule has 0 amide bonds. The van der Waals surface area contributed by atoms with Crippen LogP contribution in [0.25, 0.3) is 16.6 Å². The highest BCUT2D eigenvalue weighted by atomic mass is 16.1. The minimum Gasteiger partial charge on any atom is -0.268 e. The van der Waals surface area contributed by atoms with E-state index < -0.39 is 0 Å². The van der Waals surface area contributed by atoms with Crippen molar-refractivity contribution in [3.63, 3.8) is 0 Å². The number of nitrogens with zero attached hydrogens (tertiary/aromatic N) is 2. The molecule has 3 aromatic rings. The lowest BCUT2D eigenvalue weighted by atomic mass is 10.1. The van der Waals surface area contributed by atoms with Crippen LogP contribution in [0.3, 0.4) is 0 Å². The van der Waals surface area contributed by atoms with E-state index in [0.717, 1.165) is 41.9 Å². The van der Waals surface area contributed by atoms with Gasteiger partial charge in [0.1, 0.15) is 5.82 Å². The number of hydrogen-bond donors (Lipinski definition) is 0. The van der Waals surface area contributed by atoms with E-state index in [0.29, 0.717) is 5.39 Å². The molecule has 0 spiro atoms. The second kappa shape index (κ2) is 6.14. The molecule has 3 rings (SSSR count). The number of benzene rings is 2. The van der Waals surface area contributed by atoms with Crippen LogP contribution in [0.2, 0.25) is 0 Å². The summed E-state index contributed by atoms with van der Waals surface area (Å²) < 4.78 is 1.77. The lowest BCUT2D eigenvalue weighted by Gasteiger charge is -2.14. The summed E-state index contributed by atoms with van der Waals surface area (Å²) in [6, 6.07) is 15.6. The summed E-state index contributed by atoms with van der Waals surface area (Å²) in [4.78, 5) is 17.8. The van der Waals surface area contributed by atoms with Crippen molar-refractivity contribution in [1.29, 1.82) is 0 Å². The number of hydrogen-bond acceptors (Lipinski definition) is 2. The molecule has 0 bridgehead atoms. The third-order valence-corrected chi connectivity index (χ3v) is 3.94. The SMILES string of the molecule is CCCCc1nc2cccc(C)c2c(=O)n1-c1ccccc1. The first kappa shape index (κ1) is 14.5. The Morgan fingerprint density at radius 2 is 1.82 bits per heavy atom. The molecule has 0 saturated carbocycles. The summed E-state index contributed by atoms with van der Waals surface area (Å²) in [5.41, 5.74) is 2.68. The fourth-order valence-electron chi connectivity index (χ4n) is 2.79. The standard InChI is InChI=1S/C19H20N2O/c1-3-4-13-17-20-16-12-8-9-14(2)18(16)19(22)21(17)15-10-6-5-7-11-15/h5-12H,3-4,13H2,1-2H3. The van der Waals surface area contributed by atoms with E-state index >= 15 is 0 Å². The van der Waals surface area contributed by atoms with Gasteiger partial charge < -0.3 is 0 Å². The van der Waals surface area contributed by atoms with E-state index in [4.69, 9.17) is 4.98 Å². The molecule has 0 unspecified atom stereocenters. The van der Waals surface area contributed by atoms with Crippen LogP contribution in [0.1, 0.15) is 31.2 Å². The van der Waals surface area contributed by atoms with Gasteiger partial charge in [-0.3, -0.25) is 9.36 Å². The predicted molar refractivity (Wildman–Crippen MR) is 90.7 cm³/mol. The van der Waals surface area contributed by atoms with Gasteiger partial charge in [-0.15, -0.1) is 0 Å². The molecular formula is C19H20N2O. The van der Waals surface area contributed by atoms with Crippen LogP contribution < -0.4 is 5.56 Å². The average molecular weight is 292 g/mol. The maximum absolute atomic E-state index is 13.1. The van der Waals surface area contributed by atoms with Crippen molar-refractivity contribution in [3.8, 4) is 5.69 Å². The van der Waals surface area contributed by atoms with E-state index in [1.807, 2.05) is 55.5 Å². The van der Waals surface area contributed by atoms with E-state index in [2.05, 4.69) is 6.92 Å². The molecule has 0 radical (unpaired) electrons. The van der Waals surface area contributed by atoms with Crippen molar-refractivity contribution < 1.29 is 0 Å². The lowest BCUT2D eigenvalue weighted by molar-refractivity contribution is 0.720. The summed E-state index contributed by atoms with van der Waals surface area (Å²) in [6.07, 6.45) is 2.91. The smallest absolute Gasteiger partial charge is 0.266 e. The zero-order valence-electron chi connectivity index (χ0n) is 13.0. The monoisotopic (exact) mass is 292 g/mol. The zero-order chi connectivity index (χ0) is 15.5. The number of aryl methyl sites for hydroxylation is 2.